The molecule has 0 aliphatic heterocycles. The van der Waals surface area contributed by atoms with E-state index in [1.807, 2.05) is 44.2 Å². The Kier molecular flexibility index (Phi) is 6.73. The monoisotopic (exact) mass is 528 g/mol. The van der Waals surface area contributed by atoms with Crippen LogP contribution >= 0.6 is 11.3 Å². The van der Waals surface area contributed by atoms with Crippen LogP contribution in [0.25, 0.3) is 10.2 Å². The van der Waals surface area contributed by atoms with Crippen LogP contribution in [0.1, 0.15) is 27.0 Å². The SMILES string of the molecule is Cc1ccc(S(=O)(=O)Nc2ccccc2C(=O)N(Cc2cccnc2)c2nc3ccc(C)cc3s2)cc1. The second-order valence-corrected chi connectivity index (χ2v) is 11.4. The first-order chi connectivity index (χ1) is 17.8. The largest absolute Gasteiger partial charge is 0.279 e. The van der Waals surface area contributed by atoms with Gasteiger partial charge in [-0.2, -0.15) is 0 Å². The number of benzene rings is 3. The van der Waals surface area contributed by atoms with Crippen molar-refractivity contribution in [3.63, 3.8) is 0 Å². The van der Waals surface area contributed by atoms with E-state index < -0.39 is 10.0 Å². The van der Waals surface area contributed by atoms with Gasteiger partial charge in [0.05, 0.1) is 32.9 Å². The molecule has 9 heteroatoms. The minimum absolute atomic E-state index is 0.120. The lowest BCUT2D eigenvalue weighted by atomic mass is 10.1. The summed E-state index contributed by atoms with van der Waals surface area (Å²) in [5.74, 6) is -0.373. The summed E-state index contributed by atoms with van der Waals surface area (Å²) in [5.41, 5.74) is 4.08. The van der Waals surface area contributed by atoms with Gasteiger partial charge < -0.3 is 0 Å². The molecule has 0 atom stereocenters. The maximum absolute atomic E-state index is 14.0. The first kappa shape index (κ1) is 24.6. The highest BCUT2D eigenvalue weighted by atomic mass is 32.2. The average molecular weight is 529 g/mol. The van der Waals surface area contributed by atoms with Crippen molar-refractivity contribution in [2.45, 2.75) is 25.3 Å². The quantitative estimate of drug-likeness (QED) is 0.282. The Morgan fingerprint density at radius 2 is 1.70 bits per heavy atom. The molecule has 0 saturated carbocycles. The summed E-state index contributed by atoms with van der Waals surface area (Å²) in [6, 6.07) is 22.8. The summed E-state index contributed by atoms with van der Waals surface area (Å²) < 4.78 is 29.8. The number of carbonyl (C=O) groups is 1. The standard InChI is InChI=1S/C28H24N4O3S2/c1-19-9-12-22(13-10-19)37(34,35)31-24-8-4-3-7-23(24)27(33)32(18-21-6-5-15-29-17-21)28-30-25-14-11-20(2)16-26(25)36-28/h3-17,31H,18H2,1-2H3. The lowest BCUT2D eigenvalue weighted by Crippen LogP contribution is -2.31. The summed E-state index contributed by atoms with van der Waals surface area (Å²) in [6.07, 6.45) is 3.37. The van der Waals surface area contributed by atoms with E-state index in [0.717, 1.165) is 26.9 Å². The van der Waals surface area contributed by atoms with Gasteiger partial charge in [0, 0.05) is 12.4 Å². The van der Waals surface area contributed by atoms with Gasteiger partial charge in [-0.3, -0.25) is 19.4 Å². The molecule has 0 fully saturated rings. The predicted octanol–water partition coefficient (Wildman–Crippen LogP) is 5.96. The summed E-state index contributed by atoms with van der Waals surface area (Å²) >= 11 is 1.41. The predicted molar refractivity (Wildman–Crippen MR) is 148 cm³/mol. The fraction of sp³-hybridized carbons (Fsp3) is 0.107. The second kappa shape index (κ2) is 10.1. The number of nitrogens with zero attached hydrogens (tertiary/aromatic N) is 3. The molecule has 0 saturated heterocycles. The van der Waals surface area contributed by atoms with Gasteiger partial charge >= 0.3 is 0 Å². The van der Waals surface area contributed by atoms with Gasteiger partial charge in [0.1, 0.15) is 0 Å². The zero-order valence-corrected chi connectivity index (χ0v) is 21.9. The van der Waals surface area contributed by atoms with E-state index in [-0.39, 0.29) is 28.6 Å². The van der Waals surface area contributed by atoms with E-state index in [0.29, 0.717) is 5.13 Å². The number of anilines is 2. The van der Waals surface area contributed by atoms with Gasteiger partial charge in [0.15, 0.2) is 5.13 Å². The zero-order valence-electron chi connectivity index (χ0n) is 20.3. The molecule has 1 N–H and O–H groups in total. The van der Waals surface area contributed by atoms with Crippen LogP contribution in [-0.4, -0.2) is 24.3 Å². The average Bonchev–Trinajstić information content (AvgIpc) is 3.31. The molecule has 5 aromatic rings. The van der Waals surface area contributed by atoms with Gasteiger partial charge in [-0.25, -0.2) is 13.4 Å². The summed E-state index contributed by atoms with van der Waals surface area (Å²) in [7, 11) is -3.90. The van der Waals surface area contributed by atoms with Crippen molar-refractivity contribution in [1.29, 1.82) is 0 Å². The lowest BCUT2D eigenvalue weighted by molar-refractivity contribution is 0.0986. The third-order valence-electron chi connectivity index (χ3n) is 5.81. The fourth-order valence-corrected chi connectivity index (χ4v) is 6.00. The van der Waals surface area contributed by atoms with E-state index in [1.165, 1.54) is 11.3 Å². The maximum atomic E-state index is 14.0. The van der Waals surface area contributed by atoms with Gasteiger partial charge in [-0.1, -0.05) is 53.3 Å². The van der Waals surface area contributed by atoms with Crippen molar-refractivity contribution in [2.24, 2.45) is 0 Å². The number of nitrogens with one attached hydrogen (secondary N) is 1. The zero-order chi connectivity index (χ0) is 26.0. The third kappa shape index (κ3) is 5.37. The van der Waals surface area contributed by atoms with Crippen LogP contribution in [0.5, 0.6) is 0 Å². The topological polar surface area (TPSA) is 92.3 Å². The van der Waals surface area contributed by atoms with Crippen molar-refractivity contribution >= 4 is 48.3 Å². The summed E-state index contributed by atoms with van der Waals surface area (Å²) in [6.45, 7) is 4.12. The molecule has 2 aromatic heterocycles. The molecule has 37 heavy (non-hydrogen) atoms. The number of para-hydroxylation sites is 1. The Hall–Kier alpha value is -4.08. The second-order valence-electron chi connectivity index (χ2n) is 8.68. The van der Waals surface area contributed by atoms with Crippen LogP contribution in [0.4, 0.5) is 10.8 Å². The maximum Gasteiger partial charge on any atom is 0.262 e. The number of pyridine rings is 1. The number of fused-ring (bicyclic) bond motifs is 1. The number of hydrogen-bond acceptors (Lipinski definition) is 6. The molecule has 1 amide bonds. The van der Waals surface area contributed by atoms with E-state index in [1.54, 1.807) is 65.8 Å². The Morgan fingerprint density at radius 1 is 0.946 bits per heavy atom. The molecule has 5 rings (SSSR count). The van der Waals surface area contributed by atoms with E-state index in [9.17, 15) is 13.2 Å². The van der Waals surface area contributed by atoms with E-state index >= 15 is 0 Å². The van der Waals surface area contributed by atoms with Gasteiger partial charge in [0.25, 0.3) is 15.9 Å². The van der Waals surface area contributed by atoms with Crippen molar-refractivity contribution < 1.29 is 13.2 Å². The number of aryl methyl sites for hydroxylation is 2. The number of hydrogen-bond donors (Lipinski definition) is 1. The van der Waals surface area contributed by atoms with Crippen LogP contribution < -0.4 is 9.62 Å². The van der Waals surface area contributed by atoms with Crippen molar-refractivity contribution in [1.82, 2.24) is 9.97 Å². The smallest absolute Gasteiger partial charge is 0.262 e. The Bertz CT molecular complexity index is 1680. The third-order valence-corrected chi connectivity index (χ3v) is 8.23. The highest BCUT2D eigenvalue weighted by Gasteiger charge is 2.26. The molecule has 0 spiro atoms. The van der Waals surface area contributed by atoms with Crippen LogP contribution in [0, 0.1) is 13.8 Å². The number of rotatable bonds is 7. The van der Waals surface area contributed by atoms with Crippen LogP contribution in [-0.2, 0) is 16.6 Å². The summed E-state index contributed by atoms with van der Waals surface area (Å²) in [4.78, 5) is 24.6. The Morgan fingerprint density at radius 3 is 2.46 bits per heavy atom. The first-order valence-electron chi connectivity index (χ1n) is 11.6. The molecule has 0 aliphatic carbocycles. The van der Waals surface area contributed by atoms with Gasteiger partial charge in [-0.15, -0.1) is 0 Å². The number of aromatic nitrogens is 2. The first-order valence-corrected chi connectivity index (χ1v) is 13.9. The minimum Gasteiger partial charge on any atom is -0.279 e. The molecular formula is C28H24N4O3S2. The molecule has 0 unspecified atom stereocenters. The fourth-order valence-electron chi connectivity index (χ4n) is 3.86. The van der Waals surface area contributed by atoms with Crippen LogP contribution in [0.15, 0.2) is 96.2 Å². The van der Waals surface area contributed by atoms with E-state index in [2.05, 4.69) is 9.71 Å². The lowest BCUT2D eigenvalue weighted by Gasteiger charge is -2.22. The summed E-state index contributed by atoms with van der Waals surface area (Å²) in [5, 5.41) is 0.519. The van der Waals surface area contributed by atoms with Crippen molar-refractivity contribution in [2.75, 3.05) is 9.62 Å². The normalized spacial score (nSPS) is 11.4. The molecule has 7 nitrogen and oxygen atoms in total. The van der Waals surface area contributed by atoms with Crippen molar-refractivity contribution in [3.8, 4) is 0 Å². The van der Waals surface area contributed by atoms with Crippen LogP contribution in [0.2, 0.25) is 0 Å². The number of carbonyl (C=O) groups excluding carboxylic acids is 1. The Labute approximate surface area is 219 Å². The highest BCUT2D eigenvalue weighted by molar-refractivity contribution is 7.92. The van der Waals surface area contributed by atoms with E-state index in [4.69, 9.17) is 4.98 Å². The Balaban J connectivity index is 1.55. The number of thiazole rings is 1. The molecule has 186 valence electrons. The number of amides is 1. The molecule has 0 radical (unpaired) electrons. The van der Waals surface area contributed by atoms with Crippen LogP contribution in [0.3, 0.4) is 0 Å². The highest BCUT2D eigenvalue weighted by Crippen LogP contribution is 2.32. The van der Waals surface area contributed by atoms with Gasteiger partial charge in [0.2, 0.25) is 0 Å². The molecule has 0 aliphatic rings. The molecule has 2 heterocycles. The number of sulfonamides is 1. The minimum atomic E-state index is -3.90. The molecule has 0 bridgehead atoms. The van der Waals surface area contributed by atoms with Crippen molar-refractivity contribution in [3.05, 3.63) is 114 Å². The molecule has 3 aromatic carbocycles. The molecular weight excluding hydrogens is 504 g/mol. The van der Waals surface area contributed by atoms with Gasteiger partial charge in [-0.05, 0) is 67.4 Å².